The highest BCUT2D eigenvalue weighted by molar-refractivity contribution is 9.10. The second-order valence-electron chi connectivity index (χ2n) is 8.39. The molecule has 0 radical (unpaired) electrons. The molecular weight excluding hydrogens is 550 g/mol. The van der Waals surface area contributed by atoms with E-state index in [0.717, 1.165) is 70.9 Å². The molecule has 180 valence electrons. The fourth-order valence-corrected chi connectivity index (χ4v) is 6.02. The van der Waals surface area contributed by atoms with Crippen LogP contribution in [0.5, 0.6) is 0 Å². The van der Waals surface area contributed by atoms with Crippen LogP contribution >= 0.6 is 39.3 Å². The number of nitrogens with zero attached hydrogens (tertiary/aromatic N) is 3. The fourth-order valence-electron chi connectivity index (χ4n) is 4.45. The van der Waals surface area contributed by atoms with Crippen molar-refractivity contribution < 1.29 is 14.3 Å². The molecule has 2 aliphatic rings. The summed E-state index contributed by atoms with van der Waals surface area (Å²) in [6.07, 6.45) is 1.80. The summed E-state index contributed by atoms with van der Waals surface area (Å²) in [6, 6.07) is 15.1. The third-order valence-electron chi connectivity index (χ3n) is 6.18. The van der Waals surface area contributed by atoms with Gasteiger partial charge in [-0.25, -0.2) is 4.90 Å². The third kappa shape index (κ3) is 4.68. The molecule has 2 fully saturated rings. The first-order valence-electron chi connectivity index (χ1n) is 11.2. The summed E-state index contributed by atoms with van der Waals surface area (Å²) >= 11 is 10.6. The maximum Gasteiger partial charge on any atom is 0.298 e. The van der Waals surface area contributed by atoms with Crippen LogP contribution in [0.4, 0.5) is 16.2 Å². The molecule has 3 aromatic rings. The van der Waals surface area contributed by atoms with E-state index < -0.39 is 0 Å². The molecule has 0 N–H and O–H groups in total. The first-order chi connectivity index (χ1) is 16.8. The van der Waals surface area contributed by atoms with E-state index in [-0.39, 0.29) is 11.1 Å². The Balaban J connectivity index is 1.44. The molecule has 0 atom stereocenters. The molecule has 3 heterocycles. The van der Waals surface area contributed by atoms with E-state index in [0.29, 0.717) is 15.6 Å². The minimum absolute atomic E-state index is 0.319. The second kappa shape index (κ2) is 9.85. The van der Waals surface area contributed by atoms with Gasteiger partial charge in [-0.05, 0) is 102 Å². The SMILES string of the molecule is Cc1cc(/C=C2\SC(=O)N(c3ccc(Cl)cc3)C2=O)c(C)n1-c1ccc(N2CCOCC2)c(Br)c1. The summed E-state index contributed by atoms with van der Waals surface area (Å²) in [5, 5.41) is 0.230. The van der Waals surface area contributed by atoms with Crippen molar-refractivity contribution in [2.24, 2.45) is 0 Å². The first-order valence-corrected chi connectivity index (χ1v) is 13.2. The van der Waals surface area contributed by atoms with Crippen molar-refractivity contribution in [1.29, 1.82) is 0 Å². The number of morpholine rings is 1. The first kappa shape index (κ1) is 24.2. The predicted octanol–water partition coefficient (Wildman–Crippen LogP) is 6.59. The van der Waals surface area contributed by atoms with Crippen molar-refractivity contribution in [2.45, 2.75) is 13.8 Å². The number of carbonyl (C=O) groups is 2. The van der Waals surface area contributed by atoms with Gasteiger partial charge in [-0.2, -0.15) is 0 Å². The molecule has 9 heteroatoms. The number of halogens is 2. The number of rotatable bonds is 4. The van der Waals surface area contributed by atoms with E-state index in [9.17, 15) is 9.59 Å². The number of anilines is 2. The normalized spacial score (nSPS) is 17.7. The quantitative estimate of drug-likeness (QED) is 0.330. The summed E-state index contributed by atoms with van der Waals surface area (Å²) in [7, 11) is 0. The average Bonchev–Trinajstić information content (AvgIpc) is 3.28. The highest BCUT2D eigenvalue weighted by Gasteiger charge is 2.36. The lowest BCUT2D eigenvalue weighted by Gasteiger charge is -2.30. The monoisotopic (exact) mass is 571 g/mol. The van der Waals surface area contributed by atoms with Gasteiger partial charge in [0.25, 0.3) is 11.1 Å². The summed E-state index contributed by atoms with van der Waals surface area (Å²) in [4.78, 5) is 29.6. The molecule has 0 spiro atoms. The molecule has 2 aromatic carbocycles. The van der Waals surface area contributed by atoms with Gasteiger partial charge in [0.05, 0.1) is 29.5 Å². The number of hydrogen-bond acceptors (Lipinski definition) is 5. The largest absolute Gasteiger partial charge is 0.378 e. The molecule has 6 nitrogen and oxygen atoms in total. The zero-order chi connectivity index (χ0) is 24.7. The minimum Gasteiger partial charge on any atom is -0.378 e. The van der Waals surface area contributed by atoms with Crippen LogP contribution < -0.4 is 9.80 Å². The van der Waals surface area contributed by atoms with Gasteiger partial charge in [0, 0.05) is 39.7 Å². The second-order valence-corrected chi connectivity index (χ2v) is 10.7. The average molecular weight is 573 g/mol. The van der Waals surface area contributed by atoms with Crippen LogP contribution in [0.2, 0.25) is 5.02 Å². The van der Waals surface area contributed by atoms with Crippen LogP contribution in [0.25, 0.3) is 11.8 Å². The Labute approximate surface area is 221 Å². The standard InChI is InChI=1S/C26H23BrClN3O3S/c1-16-13-18(14-24-25(32)31(26(33)35-24)20-5-3-19(28)4-6-20)17(2)30(16)21-7-8-23(22(27)15-21)29-9-11-34-12-10-29/h3-8,13-15H,9-12H2,1-2H3/b24-14-. The molecule has 5 rings (SSSR count). The van der Waals surface area contributed by atoms with Crippen LogP contribution in [-0.2, 0) is 9.53 Å². The van der Waals surface area contributed by atoms with Crippen molar-refractivity contribution in [3.05, 3.63) is 79.9 Å². The topological polar surface area (TPSA) is 54.8 Å². The zero-order valence-corrected chi connectivity index (χ0v) is 22.4. The minimum atomic E-state index is -0.329. The Kier molecular flexibility index (Phi) is 6.81. The smallest absolute Gasteiger partial charge is 0.298 e. The number of hydrogen-bond donors (Lipinski definition) is 0. The fraction of sp³-hybridized carbons (Fsp3) is 0.231. The number of benzene rings is 2. The van der Waals surface area contributed by atoms with Crippen molar-refractivity contribution in [3.8, 4) is 5.69 Å². The van der Waals surface area contributed by atoms with E-state index in [4.69, 9.17) is 16.3 Å². The molecule has 2 amide bonds. The number of aromatic nitrogens is 1. The lowest BCUT2D eigenvalue weighted by atomic mass is 10.2. The number of ether oxygens (including phenoxy) is 1. The molecule has 2 saturated heterocycles. The molecule has 35 heavy (non-hydrogen) atoms. The molecular formula is C26H23BrClN3O3S. The van der Waals surface area contributed by atoms with Gasteiger partial charge >= 0.3 is 0 Å². The molecule has 0 aliphatic carbocycles. The van der Waals surface area contributed by atoms with Gasteiger partial charge in [0.15, 0.2) is 0 Å². The van der Waals surface area contributed by atoms with Gasteiger partial charge in [-0.1, -0.05) is 11.6 Å². The van der Waals surface area contributed by atoms with E-state index in [1.807, 2.05) is 19.9 Å². The van der Waals surface area contributed by atoms with E-state index in [1.54, 1.807) is 30.3 Å². The maximum atomic E-state index is 13.1. The van der Waals surface area contributed by atoms with Gasteiger partial charge in [-0.3, -0.25) is 9.59 Å². The Morgan fingerprint density at radius 2 is 1.69 bits per heavy atom. The zero-order valence-electron chi connectivity index (χ0n) is 19.3. The Morgan fingerprint density at radius 3 is 2.37 bits per heavy atom. The van der Waals surface area contributed by atoms with Crippen LogP contribution in [0, 0.1) is 13.8 Å². The van der Waals surface area contributed by atoms with Crippen molar-refractivity contribution in [1.82, 2.24) is 4.57 Å². The van der Waals surface area contributed by atoms with E-state index in [1.165, 1.54) is 4.90 Å². The van der Waals surface area contributed by atoms with Gasteiger partial charge < -0.3 is 14.2 Å². The Hall–Kier alpha value is -2.52. The summed E-state index contributed by atoms with van der Waals surface area (Å²) in [6.45, 7) is 7.26. The van der Waals surface area contributed by atoms with Crippen LogP contribution in [0.3, 0.4) is 0 Å². The summed E-state index contributed by atoms with van der Waals surface area (Å²) in [5.41, 5.74) is 5.62. The Bertz CT molecular complexity index is 1350. The summed E-state index contributed by atoms with van der Waals surface area (Å²) < 4.78 is 8.65. The molecule has 2 aliphatic heterocycles. The Morgan fingerprint density at radius 1 is 1.00 bits per heavy atom. The lowest BCUT2D eigenvalue weighted by molar-refractivity contribution is -0.113. The predicted molar refractivity (Wildman–Crippen MR) is 146 cm³/mol. The van der Waals surface area contributed by atoms with Crippen LogP contribution in [0.1, 0.15) is 17.0 Å². The number of aryl methyl sites for hydroxylation is 1. The van der Waals surface area contributed by atoms with E-state index in [2.05, 4.69) is 43.6 Å². The molecule has 0 bridgehead atoms. The number of imide groups is 1. The highest BCUT2D eigenvalue weighted by atomic mass is 79.9. The van der Waals surface area contributed by atoms with Gasteiger partial charge in [0.1, 0.15) is 0 Å². The van der Waals surface area contributed by atoms with Crippen molar-refractivity contribution >= 4 is 67.9 Å². The van der Waals surface area contributed by atoms with Crippen molar-refractivity contribution in [2.75, 3.05) is 36.1 Å². The maximum absolute atomic E-state index is 13.1. The van der Waals surface area contributed by atoms with Gasteiger partial charge in [-0.15, -0.1) is 0 Å². The number of carbonyl (C=O) groups excluding carboxylic acids is 2. The van der Waals surface area contributed by atoms with E-state index >= 15 is 0 Å². The molecule has 1 aromatic heterocycles. The third-order valence-corrected chi connectivity index (χ3v) is 7.93. The number of amides is 2. The van der Waals surface area contributed by atoms with Crippen molar-refractivity contribution in [3.63, 3.8) is 0 Å². The lowest BCUT2D eigenvalue weighted by Crippen LogP contribution is -2.36. The molecule has 0 saturated carbocycles. The van der Waals surface area contributed by atoms with Crippen LogP contribution in [-0.4, -0.2) is 42.0 Å². The highest BCUT2D eigenvalue weighted by Crippen LogP contribution is 2.37. The van der Waals surface area contributed by atoms with Gasteiger partial charge in [0.2, 0.25) is 0 Å². The van der Waals surface area contributed by atoms with Crippen LogP contribution in [0.15, 0.2) is 57.9 Å². The molecule has 0 unspecified atom stereocenters. The number of thioether (sulfide) groups is 1. The summed E-state index contributed by atoms with van der Waals surface area (Å²) in [5.74, 6) is -0.329.